The van der Waals surface area contributed by atoms with Crippen LogP contribution in [0, 0.1) is 12.7 Å². The Bertz CT molecular complexity index is 819. The average Bonchev–Trinajstić information content (AvgIpc) is 2.93. The maximum atomic E-state index is 14.4. The third-order valence-corrected chi connectivity index (χ3v) is 5.71. The summed E-state index contributed by atoms with van der Waals surface area (Å²) in [5.41, 5.74) is 1.13. The third-order valence-electron chi connectivity index (χ3n) is 3.85. The fourth-order valence-corrected chi connectivity index (χ4v) is 4.18. The van der Waals surface area contributed by atoms with E-state index in [9.17, 15) is 12.8 Å². The van der Waals surface area contributed by atoms with Crippen molar-refractivity contribution in [3.8, 4) is 5.69 Å². The molecule has 1 aromatic heterocycles. The van der Waals surface area contributed by atoms with Crippen molar-refractivity contribution in [3.63, 3.8) is 0 Å². The molecule has 1 N–H and O–H groups in total. The Morgan fingerprint density at radius 1 is 1.39 bits per heavy atom. The molecule has 0 aliphatic carbocycles. The van der Waals surface area contributed by atoms with Crippen LogP contribution >= 0.6 is 0 Å². The summed E-state index contributed by atoms with van der Waals surface area (Å²) in [5, 5.41) is 7.24. The summed E-state index contributed by atoms with van der Waals surface area (Å²) in [6, 6.07) is 4.02. The molecule has 6 nitrogen and oxygen atoms in total. The van der Waals surface area contributed by atoms with Gasteiger partial charge in [0.2, 0.25) is 10.0 Å². The van der Waals surface area contributed by atoms with Crippen molar-refractivity contribution in [2.75, 3.05) is 19.6 Å². The minimum Gasteiger partial charge on any atom is -0.312 e. The van der Waals surface area contributed by atoms with Gasteiger partial charge >= 0.3 is 0 Å². The molecule has 124 valence electrons. The minimum absolute atomic E-state index is 0.0308. The second-order valence-electron chi connectivity index (χ2n) is 5.79. The Labute approximate surface area is 135 Å². The van der Waals surface area contributed by atoms with Crippen molar-refractivity contribution in [2.24, 2.45) is 0 Å². The third kappa shape index (κ3) is 3.15. The summed E-state index contributed by atoms with van der Waals surface area (Å²) in [5.74, 6) is -0.614. The van der Waals surface area contributed by atoms with Gasteiger partial charge in [-0.1, -0.05) is 0 Å². The number of rotatable bonds is 3. The monoisotopic (exact) mass is 338 g/mol. The highest BCUT2D eigenvalue weighted by atomic mass is 32.2. The molecule has 0 saturated carbocycles. The first-order valence-corrected chi connectivity index (χ1v) is 8.86. The molecule has 8 heteroatoms. The summed E-state index contributed by atoms with van der Waals surface area (Å²) < 4.78 is 42.4. The standard InChI is InChI=1S/C15H19FN4O2S/c1-11-8-18-20(9-11)15-4-3-13(7-14(15)16)23(21,22)19-6-5-17-12(2)10-19/h3-4,7-9,12,17H,5-6,10H2,1-2H3. The first-order valence-electron chi connectivity index (χ1n) is 7.42. The fourth-order valence-electron chi connectivity index (χ4n) is 2.64. The lowest BCUT2D eigenvalue weighted by atomic mass is 10.3. The van der Waals surface area contributed by atoms with E-state index in [1.807, 2.05) is 13.8 Å². The second kappa shape index (κ2) is 6.03. The Hall–Kier alpha value is -1.77. The van der Waals surface area contributed by atoms with E-state index in [1.165, 1.54) is 21.1 Å². The van der Waals surface area contributed by atoms with E-state index in [2.05, 4.69) is 10.4 Å². The number of sulfonamides is 1. The van der Waals surface area contributed by atoms with Crippen molar-refractivity contribution in [2.45, 2.75) is 24.8 Å². The summed E-state index contributed by atoms with van der Waals surface area (Å²) >= 11 is 0. The first kappa shape index (κ1) is 16.1. The van der Waals surface area contributed by atoms with Crippen molar-refractivity contribution >= 4 is 10.0 Å². The lowest BCUT2D eigenvalue weighted by molar-refractivity contribution is 0.310. The van der Waals surface area contributed by atoms with E-state index >= 15 is 0 Å². The SMILES string of the molecule is Cc1cnn(-c2ccc(S(=O)(=O)N3CCNC(C)C3)cc2F)c1. The van der Waals surface area contributed by atoms with Gasteiger partial charge in [0, 0.05) is 31.9 Å². The summed E-state index contributed by atoms with van der Waals surface area (Å²) in [4.78, 5) is -0.0308. The lowest BCUT2D eigenvalue weighted by Gasteiger charge is -2.31. The Morgan fingerprint density at radius 2 is 2.17 bits per heavy atom. The van der Waals surface area contributed by atoms with Crippen LogP contribution < -0.4 is 5.32 Å². The Balaban J connectivity index is 1.93. The molecule has 1 unspecified atom stereocenters. The number of aryl methyl sites for hydroxylation is 1. The maximum Gasteiger partial charge on any atom is 0.243 e. The Kier molecular flexibility index (Phi) is 4.22. The number of hydrogen-bond donors (Lipinski definition) is 1. The molecule has 1 aromatic carbocycles. The van der Waals surface area contributed by atoms with E-state index < -0.39 is 15.8 Å². The highest BCUT2D eigenvalue weighted by Crippen LogP contribution is 2.22. The van der Waals surface area contributed by atoms with Crippen molar-refractivity contribution < 1.29 is 12.8 Å². The molecule has 1 fully saturated rings. The van der Waals surface area contributed by atoms with Gasteiger partial charge in [0.25, 0.3) is 0 Å². The van der Waals surface area contributed by atoms with E-state index in [-0.39, 0.29) is 16.6 Å². The minimum atomic E-state index is -3.69. The van der Waals surface area contributed by atoms with Gasteiger partial charge < -0.3 is 5.32 Å². The summed E-state index contributed by atoms with van der Waals surface area (Å²) in [6.07, 6.45) is 3.30. The number of nitrogens with one attached hydrogen (secondary N) is 1. The molecule has 3 rings (SSSR count). The van der Waals surface area contributed by atoms with Gasteiger partial charge in [-0.05, 0) is 37.6 Å². The molecule has 0 radical (unpaired) electrons. The van der Waals surface area contributed by atoms with Crippen LogP contribution in [0.1, 0.15) is 12.5 Å². The van der Waals surface area contributed by atoms with Crippen LogP contribution in [0.2, 0.25) is 0 Å². The molecule has 0 bridgehead atoms. The van der Waals surface area contributed by atoms with Crippen molar-refractivity contribution in [1.29, 1.82) is 0 Å². The number of hydrogen-bond acceptors (Lipinski definition) is 4. The van der Waals surface area contributed by atoms with Crippen LogP contribution in [0.4, 0.5) is 4.39 Å². The second-order valence-corrected chi connectivity index (χ2v) is 7.73. The van der Waals surface area contributed by atoms with Crippen LogP contribution in [0.3, 0.4) is 0 Å². The van der Waals surface area contributed by atoms with E-state index in [4.69, 9.17) is 0 Å². The maximum absolute atomic E-state index is 14.4. The molecule has 23 heavy (non-hydrogen) atoms. The highest BCUT2D eigenvalue weighted by molar-refractivity contribution is 7.89. The number of nitrogens with zero attached hydrogens (tertiary/aromatic N) is 3. The van der Waals surface area contributed by atoms with Crippen LogP contribution in [0.25, 0.3) is 5.69 Å². The average molecular weight is 338 g/mol. The number of aromatic nitrogens is 2. The quantitative estimate of drug-likeness (QED) is 0.916. The van der Waals surface area contributed by atoms with Crippen LogP contribution in [0.15, 0.2) is 35.5 Å². The molecule has 0 spiro atoms. The Morgan fingerprint density at radius 3 is 2.78 bits per heavy atom. The largest absolute Gasteiger partial charge is 0.312 e. The predicted molar refractivity (Wildman–Crippen MR) is 84.5 cm³/mol. The van der Waals surface area contributed by atoms with Gasteiger partial charge in [0.05, 0.1) is 11.1 Å². The van der Waals surface area contributed by atoms with Gasteiger partial charge in [-0.2, -0.15) is 9.40 Å². The molecular formula is C15H19FN4O2S. The van der Waals surface area contributed by atoms with Gasteiger partial charge in [-0.15, -0.1) is 0 Å². The van der Waals surface area contributed by atoms with Crippen molar-refractivity contribution in [1.82, 2.24) is 19.4 Å². The summed E-state index contributed by atoms with van der Waals surface area (Å²) in [6.45, 7) is 5.13. The lowest BCUT2D eigenvalue weighted by Crippen LogP contribution is -2.51. The number of halogens is 1. The molecule has 1 aliphatic heterocycles. The van der Waals surface area contributed by atoms with E-state index in [0.29, 0.717) is 19.6 Å². The molecule has 1 aliphatic rings. The zero-order valence-corrected chi connectivity index (χ0v) is 13.8. The zero-order valence-electron chi connectivity index (χ0n) is 13.0. The van der Waals surface area contributed by atoms with Gasteiger partial charge in [-0.25, -0.2) is 17.5 Å². The first-order chi connectivity index (χ1) is 10.9. The van der Waals surface area contributed by atoms with Gasteiger partial charge in [0.15, 0.2) is 0 Å². The van der Waals surface area contributed by atoms with Crippen molar-refractivity contribution in [3.05, 3.63) is 42.0 Å². The smallest absolute Gasteiger partial charge is 0.243 e. The van der Waals surface area contributed by atoms with Crippen LogP contribution in [-0.2, 0) is 10.0 Å². The normalized spacial score (nSPS) is 19.9. The van der Waals surface area contributed by atoms with E-state index in [0.717, 1.165) is 11.6 Å². The molecule has 1 saturated heterocycles. The van der Waals surface area contributed by atoms with Gasteiger partial charge in [-0.3, -0.25) is 0 Å². The number of piperazine rings is 1. The summed E-state index contributed by atoms with van der Waals surface area (Å²) in [7, 11) is -3.69. The molecule has 2 aromatic rings. The van der Waals surface area contributed by atoms with Gasteiger partial charge in [0.1, 0.15) is 11.5 Å². The topological polar surface area (TPSA) is 67.2 Å². The fraction of sp³-hybridized carbons (Fsp3) is 0.400. The molecule has 0 amide bonds. The zero-order chi connectivity index (χ0) is 16.6. The predicted octanol–water partition coefficient (Wildman–Crippen LogP) is 1.30. The molecule has 2 heterocycles. The van der Waals surface area contributed by atoms with Crippen LogP contribution in [0.5, 0.6) is 0 Å². The number of benzene rings is 1. The molecular weight excluding hydrogens is 319 g/mol. The highest BCUT2D eigenvalue weighted by Gasteiger charge is 2.29. The van der Waals surface area contributed by atoms with E-state index in [1.54, 1.807) is 12.4 Å². The van der Waals surface area contributed by atoms with Crippen LogP contribution in [-0.4, -0.2) is 48.2 Å². The molecule has 1 atom stereocenters.